The summed E-state index contributed by atoms with van der Waals surface area (Å²) in [6.07, 6.45) is 4.22. The monoisotopic (exact) mass is 268 g/mol. The van der Waals surface area contributed by atoms with Gasteiger partial charge in [-0.2, -0.15) is 0 Å². The Morgan fingerprint density at radius 2 is 1.85 bits per heavy atom. The Balaban J connectivity index is 1.96. The Morgan fingerprint density at radius 3 is 2.45 bits per heavy atom. The van der Waals surface area contributed by atoms with E-state index in [1.807, 2.05) is 25.1 Å². The first-order valence-corrected chi connectivity index (χ1v) is 6.51. The number of hydrogen-bond donors (Lipinski definition) is 1. The molecule has 1 aromatic carbocycles. The second-order valence-electron chi connectivity index (χ2n) is 4.42. The topological polar surface area (TPSA) is 59.1 Å². The third kappa shape index (κ3) is 3.51. The smallest absolute Gasteiger partial charge is 0.292 e. The molecule has 1 N–H and O–H groups in total. The molecule has 2 rings (SSSR count). The molecule has 0 aliphatic heterocycles. The standard InChI is InChI=1S/C16H16N2O2/c1-2-12-5-7-14(8-6-12)15(19)16(20)18-11-13-4-3-9-17-10-13/h3-10H,2,11H2,1H3,(H,18,20). The zero-order valence-corrected chi connectivity index (χ0v) is 11.3. The van der Waals surface area contributed by atoms with Crippen molar-refractivity contribution in [3.63, 3.8) is 0 Å². The van der Waals surface area contributed by atoms with Gasteiger partial charge in [-0.3, -0.25) is 14.6 Å². The van der Waals surface area contributed by atoms with Crippen LogP contribution in [0.15, 0.2) is 48.8 Å². The van der Waals surface area contributed by atoms with E-state index in [9.17, 15) is 9.59 Å². The molecule has 0 aliphatic carbocycles. The van der Waals surface area contributed by atoms with Crippen LogP contribution in [0.1, 0.15) is 28.4 Å². The molecule has 0 bridgehead atoms. The van der Waals surface area contributed by atoms with Crippen LogP contribution in [-0.2, 0) is 17.8 Å². The third-order valence-electron chi connectivity index (χ3n) is 3.01. The first-order chi connectivity index (χ1) is 9.70. The average molecular weight is 268 g/mol. The van der Waals surface area contributed by atoms with Gasteiger partial charge in [-0.15, -0.1) is 0 Å². The number of pyridine rings is 1. The summed E-state index contributed by atoms with van der Waals surface area (Å²) in [6, 6.07) is 10.7. The lowest BCUT2D eigenvalue weighted by Gasteiger charge is -2.05. The van der Waals surface area contributed by atoms with E-state index in [4.69, 9.17) is 0 Å². The lowest BCUT2D eigenvalue weighted by molar-refractivity contribution is -0.117. The maximum absolute atomic E-state index is 11.9. The fourth-order valence-corrected chi connectivity index (χ4v) is 1.79. The van der Waals surface area contributed by atoms with E-state index in [1.54, 1.807) is 30.6 Å². The van der Waals surface area contributed by atoms with Crippen LogP contribution in [0.3, 0.4) is 0 Å². The number of hydrogen-bond acceptors (Lipinski definition) is 3. The van der Waals surface area contributed by atoms with E-state index in [0.29, 0.717) is 12.1 Å². The molecule has 0 saturated carbocycles. The van der Waals surface area contributed by atoms with Gasteiger partial charge in [0.15, 0.2) is 0 Å². The van der Waals surface area contributed by atoms with Crippen LogP contribution in [-0.4, -0.2) is 16.7 Å². The van der Waals surface area contributed by atoms with Gasteiger partial charge in [-0.25, -0.2) is 0 Å². The second-order valence-corrected chi connectivity index (χ2v) is 4.42. The van der Waals surface area contributed by atoms with Gasteiger partial charge in [-0.1, -0.05) is 37.3 Å². The Morgan fingerprint density at radius 1 is 1.10 bits per heavy atom. The molecule has 0 saturated heterocycles. The lowest BCUT2D eigenvalue weighted by Crippen LogP contribution is -2.30. The van der Waals surface area contributed by atoms with E-state index in [2.05, 4.69) is 10.3 Å². The maximum atomic E-state index is 11.9. The number of Topliss-reactive ketones (excluding diaryl/α,β-unsaturated/α-hetero) is 1. The molecule has 4 heteroatoms. The molecule has 0 unspecified atom stereocenters. The summed E-state index contributed by atoms with van der Waals surface area (Å²) in [5.41, 5.74) is 2.40. The van der Waals surface area contributed by atoms with Crippen molar-refractivity contribution in [2.45, 2.75) is 19.9 Å². The number of aryl methyl sites for hydroxylation is 1. The molecule has 102 valence electrons. The molecule has 0 atom stereocenters. The molecule has 4 nitrogen and oxygen atoms in total. The first-order valence-electron chi connectivity index (χ1n) is 6.51. The van der Waals surface area contributed by atoms with Gasteiger partial charge in [0.25, 0.3) is 5.91 Å². The third-order valence-corrected chi connectivity index (χ3v) is 3.01. The van der Waals surface area contributed by atoms with Crippen molar-refractivity contribution in [3.05, 3.63) is 65.5 Å². The Labute approximate surface area is 117 Å². The number of carbonyl (C=O) groups excluding carboxylic acids is 2. The molecule has 1 amide bonds. The summed E-state index contributed by atoms with van der Waals surface area (Å²) < 4.78 is 0. The SMILES string of the molecule is CCc1ccc(C(=O)C(=O)NCc2cccnc2)cc1. The summed E-state index contributed by atoms with van der Waals surface area (Å²) in [6.45, 7) is 2.34. The summed E-state index contributed by atoms with van der Waals surface area (Å²) in [4.78, 5) is 27.7. The summed E-state index contributed by atoms with van der Waals surface area (Å²) in [5.74, 6) is -1.12. The van der Waals surface area contributed by atoms with Crippen molar-refractivity contribution < 1.29 is 9.59 Å². The highest BCUT2D eigenvalue weighted by atomic mass is 16.2. The van der Waals surface area contributed by atoms with Gasteiger partial charge in [0.2, 0.25) is 5.78 Å². The summed E-state index contributed by atoms with van der Waals surface area (Å²) in [5, 5.41) is 2.60. The van der Waals surface area contributed by atoms with Crippen molar-refractivity contribution >= 4 is 11.7 Å². The van der Waals surface area contributed by atoms with E-state index in [-0.39, 0.29) is 0 Å². The van der Waals surface area contributed by atoms with Crippen molar-refractivity contribution in [1.29, 1.82) is 0 Å². The highest BCUT2D eigenvalue weighted by Crippen LogP contribution is 2.06. The van der Waals surface area contributed by atoms with Crippen molar-refractivity contribution in [2.24, 2.45) is 0 Å². The number of benzene rings is 1. The predicted molar refractivity (Wildman–Crippen MR) is 76.2 cm³/mol. The quantitative estimate of drug-likeness (QED) is 0.667. The van der Waals surface area contributed by atoms with Crippen LogP contribution < -0.4 is 5.32 Å². The highest BCUT2D eigenvalue weighted by Gasteiger charge is 2.15. The van der Waals surface area contributed by atoms with Crippen LogP contribution in [0.25, 0.3) is 0 Å². The second kappa shape index (κ2) is 6.61. The molecular formula is C16H16N2O2. The average Bonchev–Trinajstić information content (AvgIpc) is 2.53. The molecule has 1 heterocycles. The number of amides is 1. The number of rotatable bonds is 5. The van der Waals surface area contributed by atoms with Crippen LogP contribution >= 0.6 is 0 Å². The number of ketones is 1. The highest BCUT2D eigenvalue weighted by molar-refractivity contribution is 6.42. The normalized spacial score (nSPS) is 10.1. The molecule has 0 spiro atoms. The van der Waals surface area contributed by atoms with E-state index in [1.165, 1.54) is 0 Å². The van der Waals surface area contributed by atoms with Crippen LogP contribution in [0.5, 0.6) is 0 Å². The minimum Gasteiger partial charge on any atom is -0.345 e. The minimum atomic E-state index is -0.599. The number of aromatic nitrogens is 1. The van der Waals surface area contributed by atoms with Crippen molar-refractivity contribution in [3.8, 4) is 0 Å². The fraction of sp³-hybridized carbons (Fsp3) is 0.188. The van der Waals surface area contributed by atoms with Gasteiger partial charge in [0.05, 0.1) is 0 Å². The van der Waals surface area contributed by atoms with E-state index in [0.717, 1.165) is 17.5 Å². The molecule has 1 aromatic heterocycles. The zero-order chi connectivity index (χ0) is 14.4. The number of nitrogens with one attached hydrogen (secondary N) is 1. The Kier molecular flexibility index (Phi) is 4.60. The zero-order valence-electron chi connectivity index (χ0n) is 11.3. The first kappa shape index (κ1) is 13.9. The van der Waals surface area contributed by atoms with Gasteiger partial charge in [-0.05, 0) is 23.6 Å². The molecular weight excluding hydrogens is 252 g/mol. The minimum absolute atomic E-state index is 0.297. The predicted octanol–water partition coefficient (Wildman–Crippen LogP) is 2.14. The van der Waals surface area contributed by atoms with Gasteiger partial charge in [0, 0.05) is 24.5 Å². The molecule has 20 heavy (non-hydrogen) atoms. The fourth-order valence-electron chi connectivity index (χ4n) is 1.79. The van der Waals surface area contributed by atoms with Gasteiger partial charge in [0.1, 0.15) is 0 Å². The van der Waals surface area contributed by atoms with Crippen molar-refractivity contribution in [1.82, 2.24) is 10.3 Å². The molecule has 0 fully saturated rings. The summed E-state index contributed by atoms with van der Waals surface area (Å²) >= 11 is 0. The maximum Gasteiger partial charge on any atom is 0.292 e. The number of nitrogens with zero attached hydrogens (tertiary/aromatic N) is 1. The molecule has 0 radical (unpaired) electrons. The number of carbonyl (C=O) groups is 2. The van der Waals surface area contributed by atoms with Crippen LogP contribution in [0, 0.1) is 0 Å². The van der Waals surface area contributed by atoms with E-state index < -0.39 is 11.7 Å². The van der Waals surface area contributed by atoms with Gasteiger partial charge < -0.3 is 5.32 Å². The largest absolute Gasteiger partial charge is 0.345 e. The molecule has 2 aromatic rings. The van der Waals surface area contributed by atoms with Crippen LogP contribution in [0.4, 0.5) is 0 Å². The lowest BCUT2D eigenvalue weighted by atomic mass is 10.1. The Hall–Kier alpha value is -2.49. The van der Waals surface area contributed by atoms with Gasteiger partial charge >= 0.3 is 0 Å². The van der Waals surface area contributed by atoms with E-state index >= 15 is 0 Å². The Bertz CT molecular complexity index is 592. The molecule has 0 aliphatic rings. The van der Waals surface area contributed by atoms with Crippen LogP contribution in [0.2, 0.25) is 0 Å². The van der Waals surface area contributed by atoms with Crippen molar-refractivity contribution in [2.75, 3.05) is 0 Å². The summed E-state index contributed by atoms with van der Waals surface area (Å²) in [7, 11) is 0.